The molecule has 0 aliphatic carbocycles. The van der Waals surface area contributed by atoms with Crippen LogP contribution >= 0.6 is 0 Å². The van der Waals surface area contributed by atoms with E-state index in [0.717, 1.165) is 12.1 Å². The van der Waals surface area contributed by atoms with Crippen molar-refractivity contribution in [3.05, 3.63) is 34.4 Å². The standard InChI is InChI=1S/C10H8N2O7S/c13-9-5-6-10(14)11(9)19-20(17,18)8-4-2-1-3-7(8)12(15)16/h1-4H,5-6H2. The number of benzene rings is 1. The van der Waals surface area contributed by atoms with Crippen molar-refractivity contribution in [3.63, 3.8) is 0 Å². The molecule has 1 aromatic carbocycles. The minimum absolute atomic E-state index is 0.117. The number of nitrogens with zero attached hydrogens (tertiary/aromatic N) is 2. The molecule has 1 saturated heterocycles. The molecular formula is C10H8N2O7S. The summed E-state index contributed by atoms with van der Waals surface area (Å²) in [4.78, 5) is 31.7. The molecule has 106 valence electrons. The Kier molecular flexibility index (Phi) is 3.51. The molecule has 0 bridgehead atoms. The normalized spacial score (nSPS) is 15.7. The van der Waals surface area contributed by atoms with Crippen molar-refractivity contribution in [1.82, 2.24) is 5.06 Å². The van der Waals surface area contributed by atoms with Gasteiger partial charge in [0.05, 0.1) is 4.92 Å². The van der Waals surface area contributed by atoms with Crippen molar-refractivity contribution < 1.29 is 27.2 Å². The molecule has 1 aliphatic heterocycles. The van der Waals surface area contributed by atoms with Gasteiger partial charge in [-0.2, -0.15) is 8.42 Å². The number of nitro benzene ring substituents is 1. The highest BCUT2D eigenvalue weighted by Crippen LogP contribution is 2.26. The minimum atomic E-state index is -4.64. The number of para-hydroxylation sites is 1. The molecule has 1 aliphatic rings. The first-order valence-electron chi connectivity index (χ1n) is 5.37. The SMILES string of the molecule is O=C1CCC(=O)N1OS(=O)(=O)c1ccccc1[N+](=O)[O-]. The Bertz CT molecular complexity index is 681. The van der Waals surface area contributed by atoms with E-state index in [4.69, 9.17) is 0 Å². The van der Waals surface area contributed by atoms with E-state index < -0.39 is 37.4 Å². The van der Waals surface area contributed by atoms with E-state index in [0.29, 0.717) is 0 Å². The first-order valence-corrected chi connectivity index (χ1v) is 6.77. The van der Waals surface area contributed by atoms with Crippen LogP contribution in [-0.4, -0.2) is 30.2 Å². The van der Waals surface area contributed by atoms with Crippen molar-refractivity contribution in [2.24, 2.45) is 0 Å². The van der Waals surface area contributed by atoms with Crippen LogP contribution in [0.2, 0.25) is 0 Å². The molecule has 2 amide bonds. The van der Waals surface area contributed by atoms with Gasteiger partial charge < -0.3 is 0 Å². The zero-order valence-electron chi connectivity index (χ0n) is 9.88. The van der Waals surface area contributed by atoms with Crippen LogP contribution in [0.5, 0.6) is 0 Å². The number of hydrogen-bond acceptors (Lipinski definition) is 7. The molecule has 1 heterocycles. The van der Waals surface area contributed by atoms with E-state index in [1.807, 2.05) is 0 Å². The largest absolute Gasteiger partial charge is 0.325 e. The Hall–Kier alpha value is -2.33. The summed E-state index contributed by atoms with van der Waals surface area (Å²) in [7, 11) is -4.64. The van der Waals surface area contributed by atoms with Gasteiger partial charge in [-0.1, -0.05) is 12.1 Å². The number of rotatable bonds is 4. The van der Waals surface area contributed by atoms with Crippen LogP contribution < -0.4 is 0 Å². The van der Waals surface area contributed by atoms with Crippen LogP contribution in [0, 0.1) is 10.1 Å². The second kappa shape index (κ2) is 4.98. The van der Waals surface area contributed by atoms with Crippen molar-refractivity contribution in [1.29, 1.82) is 0 Å². The third kappa shape index (κ3) is 2.51. The van der Waals surface area contributed by atoms with Gasteiger partial charge in [0.15, 0.2) is 4.90 Å². The molecule has 20 heavy (non-hydrogen) atoms. The van der Waals surface area contributed by atoms with E-state index >= 15 is 0 Å². The summed E-state index contributed by atoms with van der Waals surface area (Å²) in [6.07, 6.45) is -0.323. The highest BCUT2D eigenvalue weighted by molar-refractivity contribution is 7.86. The minimum Gasteiger partial charge on any atom is -0.272 e. The van der Waals surface area contributed by atoms with E-state index in [2.05, 4.69) is 4.28 Å². The van der Waals surface area contributed by atoms with Crippen LogP contribution in [0.3, 0.4) is 0 Å². The predicted octanol–water partition coefficient (Wildman–Crippen LogP) is 0.364. The maximum Gasteiger partial charge on any atom is 0.325 e. The van der Waals surface area contributed by atoms with Crippen molar-refractivity contribution in [2.75, 3.05) is 0 Å². The summed E-state index contributed by atoms with van der Waals surface area (Å²) in [5, 5.41) is 10.9. The van der Waals surface area contributed by atoms with Crippen LogP contribution in [0.25, 0.3) is 0 Å². The van der Waals surface area contributed by atoms with Gasteiger partial charge in [-0.05, 0) is 6.07 Å². The van der Waals surface area contributed by atoms with Gasteiger partial charge in [0.25, 0.3) is 17.5 Å². The summed E-state index contributed by atoms with van der Waals surface area (Å²) >= 11 is 0. The summed E-state index contributed by atoms with van der Waals surface area (Å²) in [6.45, 7) is 0. The number of nitro groups is 1. The maximum atomic E-state index is 11.9. The molecule has 10 heteroatoms. The lowest BCUT2D eigenvalue weighted by Crippen LogP contribution is -2.32. The molecule has 0 atom stereocenters. The van der Waals surface area contributed by atoms with E-state index in [1.54, 1.807) is 0 Å². The van der Waals surface area contributed by atoms with Crippen molar-refractivity contribution >= 4 is 27.6 Å². The first kappa shape index (κ1) is 14.1. The van der Waals surface area contributed by atoms with Crippen molar-refractivity contribution in [2.45, 2.75) is 17.7 Å². The van der Waals surface area contributed by atoms with Crippen LogP contribution in [-0.2, 0) is 24.0 Å². The topological polar surface area (TPSA) is 124 Å². The summed E-state index contributed by atoms with van der Waals surface area (Å²) in [5.74, 6) is -1.62. The number of imide groups is 1. The molecule has 0 aromatic heterocycles. The second-order valence-electron chi connectivity index (χ2n) is 3.84. The molecule has 1 aromatic rings. The fourth-order valence-corrected chi connectivity index (χ4v) is 2.68. The number of hydrogen-bond donors (Lipinski definition) is 0. The Balaban J connectivity index is 2.39. The number of amides is 2. The van der Waals surface area contributed by atoms with Gasteiger partial charge in [-0.3, -0.25) is 19.7 Å². The van der Waals surface area contributed by atoms with Crippen molar-refractivity contribution in [3.8, 4) is 0 Å². The monoisotopic (exact) mass is 300 g/mol. The maximum absolute atomic E-state index is 11.9. The van der Waals surface area contributed by atoms with Crippen LogP contribution in [0.15, 0.2) is 29.2 Å². The van der Waals surface area contributed by atoms with Gasteiger partial charge in [-0.25, -0.2) is 0 Å². The smallest absolute Gasteiger partial charge is 0.272 e. The Labute approximate surface area is 113 Å². The van der Waals surface area contributed by atoms with Gasteiger partial charge in [0.1, 0.15) is 0 Å². The number of hydroxylamine groups is 2. The third-order valence-corrected chi connectivity index (χ3v) is 3.74. The zero-order chi connectivity index (χ0) is 14.9. The van der Waals surface area contributed by atoms with Gasteiger partial charge >= 0.3 is 10.1 Å². The number of carbonyl (C=O) groups excluding carboxylic acids is 2. The zero-order valence-corrected chi connectivity index (χ0v) is 10.7. The summed E-state index contributed by atoms with van der Waals surface area (Å²) < 4.78 is 28.3. The quantitative estimate of drug-likeness (QED) is 0.446. The molecular weight excluding hydrogens is 292 g/mol. The van der Waals surface area contributed by atoms with Gasteiger partial charge in [0.2, 0.25) is 0 Å². The third-order valence-electron chi connectivity index (χ3n) is 2.51. The molecule has 9 nitrogen and oxygen atoms in total. The lowest BCUT2D eigenvalue weighted by atomic mass is 10.3. The van der Waals surface area contributed by atoms with Crippen LogP contribution in [0.1, 0.15) is 12.8 Å². The summed E-state index contributed by atoms with van der Waals surface area (Å²) in [5.41, 5.74) is -0.702. The highest BCUT2D eigenvalue weighted by atomic mass is 32.2. The number of carbonyl (C=O) groups is 2. The van der Waals surface area contributed by atoms with Gasteiger partial charge in [0, 0.05) is 18.9 Å². The molecule has 2 rings (SSSR count). The Morgan fingerprint density at radius 3 is 2.25 bits per heavy atom. The average Bonchev–Trinajstić information content (AvgIpc) is 2.70. The molecule has 0 N–H and O–H groups in total. The lowest BCUT2D eigenvalue weighted by molar-refractivity contribution is -0.388. The van der Waals surface area contributed by atoms with E-state index in [1.165, 1.54) is 12.1 Å². The fourth-order valence-electron chi connectivity index (χ4n) is 1.60. The van der Waals surface area contributed by atoms with Crippen LogP contribution in [0.4, 0.5) is 5.69 Å². The second-order valence-corrected chi connectivity index (χ2v) is 5.33. The van der Waals surface area contributed by atoms with E-state index in [9.17, 15) is 28.1 Å². The predicted molar refractivity (Wildman–Crippen MR) is 62.5 cm³/mol. The average molecular weight is 300 g/mol. The fraction of sp³-hybridized carbons (Fsp3) is 0.200. The molecule has 1 fully saturated rings. The Morgan fingerprint density at radius 1 is 1.15 bits per heavy atom. The van der Waals surface area contributed by atoms with Gasteiger partial charge in [-0.15, -0.1) is 9.35 Å². The molecule has 0 saturated carbocycles. The summed E-state index contributed by atoms with van der Waals surface area (Å²) in [6, 6.07) is 4.47. The lowest BCUT2D eigenvalue weighted by Gasteiger charge is -2.12. The van der Waals surface area contributed by atoms with E-state index in [-0.39, 0.29) is 17.9 Å². The molecule has 0 radical (unpaired) electrons. The molecule has 0 spiro atoms. The highest BCUT2D eigenvalue weighted by Gasteiger charge is 2.37. The molecule has 0 unspecified atom stereocenters. The Morgan fingerprint density at radius 2 is 1.70 bits per heavy atom. The first-order chi connectivity index (χ1) is 9.33.